The first-order valence-corrected chi connectivity index (χ1v) is 12.2. The number of carboxylic acid groups (broad SMARTS) is 1. The quantitative estimate of drug-likeness (QED) is 0.417. The summed E-state index contributed by atoms with van der Waals surface area (Å²) in [5.41, 5.74) is 3.27. The summed E-state index contributed by atoms with van der Waals surface area (Å²) < 4.78 is 17.2. The number of nitrogens with zero attached hydrogens (tertiary/aromatic N) is 1. The molecule has 6 rings (SSSR count). The van der Waals surface area contributed by atoms with E-state index in [0.29, 0.717) is 23.7 Å². The number of carboxylic acids is 1. The lowest BCUT2D eigenvalue weighted by molar-refractivity contribution is -0.174. The normalized spacial score (nSPS) is 23.7. The van der Waals surface area contributed by atoms with Crippen LogP contribution in [-0.2, 0) is 19.7 Å². The smallest absolute Gasteiger partial charge is 0.412 e. The van der Waals surface area contributed by atoms with Crippen LogP contribution in [0.5, 0.6) is 0 Å². The van der Waals surface area contributed by atoms with E-state index in [2.05, 4.69) is 22.6 Å². The maximum Gasteiger partial charge on any atom is 0.412 e. The SMILES string of the molecule is Cc1noc(-c2ccc(C34CCC(CC(=O)O)(CC3)OC4)cc2)c1NC(=O)OC(C)c1ccccc1. The standard InChI is InChI=1S/C28H30N2O6/c1-18-24(29-26(33)35-19(2)20-6-4-3-5-7-20)25(36-30-18)21-8-10-22(11-9-21)27-12-14-28(15-13-27,34-17-27)16-23(31)32/h3-11,19H,12-17H2,1-2H3,(H,29,33)(H,31,32). The summed E-state index contributed by atoms with van der Waals surface area (Å²) in [5, 5.41) is 16.1. The van der Waals surface area contributed by atoms with Crippen molar-refractivity contribution < 1.29 is 28.7 Å². The van der Waals surface area contributed by atoms with Crippen LogP contribution < -0.4 is 5.32 Å². The minimum atomic E-state index is -0.807. The van der Waals surface area contributed by atoms with Crippen molar-refractivity contribution in [3.8, 4) is 11.3 Å². The van der Waals surface area contributed by atoms with E-state index in [4.69, 9.17) is 14.0 Å². The van der Waals surface area contributed by atoms with Gasteiger partial charge in [-0.05, 0) is 50.7 Å². The van der Waals surface area contributed by atoms with Crippen molar-refractivity contribution in [3.63, 3.8) is 0 Å². The van der Waals surface area contributed by atoms with Crippen LogP contribution in [0.25, 0.3) is 11.3 Å². The molecule has 2 bridgehead atoms. The van der Waals surface area contributed by atoms with Gasteiger partial charge < -0.3 is 19.1 Å². The molecule has 1 unspecified atom stereocenters. The highest BCUT2D eigenvalue weighted by molar-refractivity contribution is 5.90. The van der Waals surface area contributed by atoms with Crippen molar-refractivity contribution >= 4 is 17.7 Å². The van der Waals surface area contributed by atoms with Crippen LogP contribution in [0.3, 0.4) is 0 Å². The highest BCUT2D eigenvalue weighted by atomic mass is 16.6. The number of benzene rings is 2. The minimum Gasteiger partial charge on any atom is -0.481 e. The van der Waals surface area contributed by atoms with Gasteiger partial charge in [0, 0.05) is 11.0 Å². The number of aryl methyl sites for hydroxylation is 1. The molecule has 0 radical (unpaired) electrons. The fourth-order valence-electron chi connectivity index (χ4n) is 5.41. The Morgan fingerprint density at radius 1 is 1.08 bits per heavy atom. The number of hydrogen-bond donors (Lipinski definition) is 2. The molecule has 3 fully saturated rings. The number of aliphatic carboxylic acids is 1. The number of aromatic nitrogens is 1. The van der Waals surface area contributed by atoms with Crippen molar-refractivity contribution in [2.45, 2.75) is 63.1 Å². The summed E-state index contributed by atoms with van der Waals surface area (Å²) in [5.74, 6) is -0.344. The van der Waals surface area contributed by atoms with Crippen LogP contribution in [0.1, 0.15) is 62.0 Å². The molecule has 2 aliphatic heterocycles. The third kappa shape index (κ3) is 4.60. The fraction of sp³-hybridized carbons (Fsp3) is 0.393. The summed E-state index contributed by atoms with van der Waals surface area (Å²) in [4.78, 5) is 23.9. The summed E-state index contributed by atoms with van der Waals surface area (Å²) >= 11 is 0. The number of fused-ring (bicyclic) bond motifs is 3. The van der Waals surface area contributed by atoms with E-state index < -0.39 is 23.8 Å². The number of nitrogens with one attached hydrogen (secondary N) is 1. The van der Waals surface area contributed by atoms with Crippen LogP contribution >= 0.6 is 0 Å². The predicted molar refractivity (Wildman–Crippen MR) is 133 cm³/mol. The van der Waals surface area contributed by atoms with Gasteiger partial charge >= 0.3 is 12.1 Å². The third-order valence-electron chi connectivity index (χ3n) is 7.65. The molecule has 8 nitrogen and oxygen atoms in total. The number of ether oxygens (including phenoxy) is 2. The number of carbonyl (C=O) groups is 2. The maximum atomic E-state index is 12.6. The van der Waals surface area contributed by atoms with Gasteiger partial charge in [-0.1, -0.05) is 59.8 Å². The first-order chi connectivity index (χ1) is 17.3. The summed E-state index contributed by atoms with van der Waals surface area (Å²) in [7, 11) is 0. The molecule has 1 aromatic heterocycles. The molecule has 1 amide bonds. The molecule has 3 aromatic rings. The Bertz CT molecular complexity index is 1230. The second-order valence-corrected chi connectivity index (χ2v) is 9.96. The van der Waals surface area contributed by atoms with Gasteiger partial charge in [0.1, 0.15) is 17.5 Å². The molecule has 3 heterocycles. The zero-order valence-corrected chi connectivity index (χ0v) is 20.5. The molecule has 1 saturated carbocycles. The second kappa shape index (κ2) is 9.43. The molecule has 2 aromatic carbocycles. The number of anilines is 1. The van der Waals surface area contributed by atoms with Crippen LogP contribution in [0.15, 0.2) is 59.1 Å². The van der Waals surface area contributed by atoms with Crippen LogP contribution in [-0.4, -0.2) is 34.5 Å². The molecule has 2 N–H and O–H groups in total. The highest BCUT2D eigenvalue weighted by Gasteiger charge is 2.51. The Labute approximate surface area is 209 Å². The first-order valence-electron chi connectivity index (χ1n) is 12.2. The van der Waals surface area contributed by atoms with Gasteiger partial charge in [0.15, 0.2) is 5.76 Å². The van der Waals surface area contributed by atoms with Crippen LogP contribution in [0.4, 0.5) is 10.5 Å². The average molecular weight is 491 g/mol. The minimum absolute atomic E-state index is 0.0647. The summed E-state index contributed by atoms with van der Waals surface area (Å²) in [6, 6.07) is 17.6. The van der Waals surface area contributed by atoms with Crippen molar-refractivity contribution in [2.24, 2.45) is 0 Å². The molecule has 2 saturated heterocycles. The van der Waals surface area contributed by atoms with Crippen molar-refractivity contribution in [1.82, 2.24) is 5.16 Å². The van der Waals surface area contributed by atoms with Gasteiger partial charge in [-0.3, -0.25) is 10.1 Å². The lowest BCUT2D eigenvalue weighted by atomic mass is 9.62. The predicted octanol–water partition coefficient (Wildman–Crippen LogP) is 6.02. The van der Waals surface area contributed by atoms with E-state index in [9.17, 15) is 14.7 Å². The molecular weight excluding hydrogens is 460 g/mol. The molecule has 1 aliphatic carbocycles. The first kappa shape index (κ1) is 24.1. The van der Waals surface area contributed by atoms with Gasteiger partial charge in [0.25, 0.3) is 0 Å². The Morgan fingerprint density at radius 2 is 1.78 bits per heavy atom. The summed E-state index contributed by atoms with van der Waals surface area (Å²) in [6.07, 6.45) is 2.38. The number of rotatable bonds is 7. The van der Waals surface area contributed by atoms with Gasteiger partial charge in [0.05, 0.1) is 18.6 Å². The van der Waals surface area contributed by atoms with Gasteiger partial charge in [-0.2, -0.15) is 0 Å². The molecule has 8 heteroatoms. The molecule has 188 valence electrons. The average Bonchev–Trinajstić information content (AvgIpc) is 3.24. The van der Waals surface area contributed by atoms with E-state index >= 15 is 0 Å². The van der Waals surface area contributed by atoms with Gasteiger partial charge in [-0.25, -0.2) is 4.79 Å². The third-order valence-corrected chi connectivity index (χ3v) is 7.65. The molecule has 1 atom stereocenters. The topological polar surface area (TPSA) is 111 Å². The Kier molecular flexibility index (Phi) is 6.30. The number of amides is 1. The Morgan fingerprint density at radius 3 is 2.39 bits per heavy atom. The Hall–Kier alpha value is -3.65. The maximum absolute atomic E-state index is 12.6. The lowest BCUT2D eigenvalue weighted by Crippen LogP contribution is -2.54. The van der Waals surface area contributed by atoms with E-state index in [1.54, 1.807) is 6.92 Å². The van der Waals surface area contributed by atoms with Crippen molar-refractivity contribution in [2.75, 3.05) is 11.9 Å². The van der Waals surface area contributed by atoms with E-state index in [1.165, 1.54) is 0 Å². The van der Waals surface area contributed by atoms with E-state index in [-0.39, 0.29) is 11.8 Å². The van der Waals surface area contributed by atoms with Gasteiger partial charge in [-0.15, -0.1) is 0 Å². The monoisotopic (exact) mass is 490 g/mol. The number of carbonyl (C=O) groups excluding carboxylic acids is 1. The van der Waals surface area contributed by atoms with Crippen molar-refractivity contribution in [1.29, 1.82) is 0 Å². The van der Waals surface area contributed by atoms with Crippen LogP contribution in [0, 0.1) is 6.92 Å². The van der Waals surface area contributed by atoms with Crippen LogP contribution in [0.2, 0.25) is 0 Å². The molecule has 3 aliphatic rings. The fourth-order valence-corrected chi connectivity index (χ4v) is 5.41. The summed E-state index contributed by atoms with van der Waals surface area (Å²) in [6.45, 7) is 4.11. The van der Waals surface area contributed by atoms with Crippen molar-refractivity contribution in [3.05, 3.63) is 71.4 Å². The lowest BCUT2D eigenvalue weighted by Gasteiger charge is -2.53. The molecule has 36 heavy (non-hydrogen) atoms. The zero-order valence-electron chi connectivity index (χ0n) is 20.5. The van der Waals surface area contributed by atoms with Gasteiger partial charge in [0.2, 0.25) is 0 Å². The molecular formula is C28H30N2O6. The highest BCUT2D eigenvalue weighted by Crippen LogP contribution is 2.51. The Balaban J connectivity index is 1.29. The van der Waals surface area contributed by atoms with E-state index in [1.807, 2.05) is 49.4 Å². The second-order valence-electron chi connectivity index (χ2n) is 9.96. The molecule has 0 spiro atoms. The largest absolute Gasteiger partial charge is 0.481 e. The number of hydrogen-bond acceptors (Lipinski definition) is 6. The zero-order chi connectivity index (χ0) is 25.3. The van der Waals surface area contributed by atoms with E-state index in [0.717, 1.165) is 42.4 Å².